The van der Waals surface area contributed by atoms with Crippen LogP contribution in [0.4, 0.5) is 11.4 Å². The maximum absolute atomic E-state index is 11.8. The molecule has 0 spiro atoms. The van der Waals surface area contributed by atoms with Crippen molar-refractivity contribution in [1.82, 2.24) is 0 Å². The van der Waals surface area contributed by atoms with Gasteiger partial charge in [0.25, 0.3) is 0 Å². The lowest BCUT2D eigenvalue weighted by Gasteiger charge is -2.12. The summed E-state index contributed by atoms with van der Waals surface area (Å²) in [4.78, 5) is 11.8. The Labute approximate surface area is 130 Å². The first kappa shape index (κ1) is 15.4. The van der Waals surface area contributed by atoms with Gasteiger partial charge in [-0.3, -0.25) is 4.79 Å². The van der Waals surface area contributed by atoms with Crippen molar-refractivity contribution in [2.45, 2.75) is 20.3 Å². The van der Waals surface area contributed by atoms with E-state index in [0.29, 0.717) is 18.0 Å². The molecular weight excluding hydrogens is 284 g/mol. The summed E-state index contributed by atoms with van der Waals surface area (Å²) in [5.41, 5.74) is 3.93. The van der Waals surface area contributed by atoms with Crippen LogP contribution < -0.4 is 10.6 Å². The molecule has 2 N–H and O–H groups in total. The minimum absolute atomic E-state index is 0.0189. The normalized spacial score (nSPS) is 10.2. The highest BCUT2D eigenvalue weighted by atomic mass is 35.5. The molecule has 0 fully saturated rings. The SMILES string of the molecule is Cc1cc(C)c(NCCC(=O)Nc2ccccc2)c(Cl)c1. The number of nitrogens with one attached hydrogen (secondary N) is 2. The van der Waals surface area contributed by atoms with Gasteiger partial charge in [0.2, 0.25) is 5.91 Å². The zero-order chi connectivity index (χ0) is 15.2. The third kappa shape index (κ3) is 4.50. The predicted molar refractivity (Wildman–Crippen MR) is 89.1 cm³/mol. The van der Waals surface area contributed by atoms with Crippen LogP contribution in [0, 0.1) is 13.8 Å². The lowest BCUT2D eigenvalue weighted by Crippen LogP contribution is -2.16. The Bertz CT molecular complexity index is 603. The average Bonchev–Trinajstić information content (AvgIpc) is 2.42. The van der Waals surface area contributed by atoms with Gasteiger partial charge in [-0.2, -0.15) is 0 Å². The molecule has 0 bridgehead atoms. The third-order valence-corrected chi connectivity index (χ3v) is 3.44. The highest BCUT2D eigenvalue weighted by Gasteiger charge is 2.06. The van der Waals surface area contributed by atoms with Crippen molar-refractivity contribution >= 4 is 28.9 Å². The molecule has 0 heterocycles. The van der Waals surface area contributed by atoms with E-state index in [1.807, 2.05) is 50.2 Å². The zero-order valence-corrected chi connectivity index (χ0v) is 13.0. The highest BCUT2D eigenvalue weighted by Crippen LogP contribution is 2.27. The van der Waals surface area contributed by atoms with Crippen molar-refractivity contribution < 1.29 is 4.79 Å². The zero-order valence-electron chi connectivity index (χ0n) is 12.2. The number of rotatable bonds is 5. The van der Waals surface area contributed by atoms with E-state index < -0.39 is 0 Å². The molecule has 0 aliphatic heterocycles. The van der Waals surface area contributed by atoms with Crippen LogP contribution in [0.1, 0.15) is 17.5 Å². The number of halogens is 1. The molecular formula is C17H19ClN2O. The second-order valence-electron chi connectivity index (χ2n) is 5.03. The fourth-order valence-electron chi connectivity index (χ4n) is 2.19. The van der Waals surface area contributed by atoms with Crippen molar-refractivity contribution in [3.63, 3.8) is 0 Å². The molecule has 2 aromatic rings. The number of carbonyl (C=O) groups excluding carboxylic acids is 1. The molecule has 3 nitrogen and oxygen atoms in total. The van der Waals surface area contributed by atoms with E-state index in [1.54, 1.807) is 0 Å². The van der Waals surface area contributed by atoms with E-state index >= 15 is 0 Å². The van der Waals surface area contributed by atoms with Crippen LogP contribution in [0.15, 0.2) is 42.5 Å². The monoisotopic (exact) mass is 302 g/mol. The Morgan fingerprint density at radius 1 is 1.14 bits per heavy atom. The molecule has 4 heteroatoms. The molecule has 2 rings (SSSR count). The molecule has 0 aliphatic rings. The lowest BCUT2D eigenvalue weighted by atomic mass is 10.1. The molecule has 0 aromatic heterocycles. The second kappa shape index (κ2) is 7.14. The lowest BCUT2D eigenvalue weighted by molar-refractivity contribution is -0.115. The van der Waals surface area contributed by atoms with Crippen LogP contribution in [-0.4, -0.2) is 12.5 Å². The smallest absolute Gasteiger partial charge is 0.226 e. The molecule has 0 radical (unpaired) electrons. The van der Waals surface area contributed by atoms with Crippen molar-refractivity contribution in [2.75, 3.05) is 17.2 Å². The van der Waals surface area contributed by atoms with E-state index in [2.05, 4.69) is 16.7 Å². The highest BCUT2D eigenvalue weighted by molar-refractivity contribution is 6.33. The van der Waals surface area contributed by atoms with Crippen molar-refractivity contribution in [3.05, 3.63) is 58.6 Å². The number of para-hydroxylation sites is 1. The van der Waals surface area contributed by atoms with Gasteiger partial charge in [-0.05, 0) is 43.2 Å². The Kier molecular flexibility index (Phi) is 5.23. The van der Waals surface area contributed by atoms with Gasteiger partial charge < -0.3 is 10.6 Å². The third-order valence-electron chi connectivity index (χ3n) is 3.14. The molecule has 2 aromatic carbocycles. The number of carbonyl (C=O) groups is 1. The van der Waals surface area contributed by atoms with Crippen molar-refractivity contribution in [2.24, 2.45) is 0 Å². The minimum atomic E-state index is -0.0189. The molecule has 21 heavy (non-hydrogen) atoms. The van der Waals surface area contributed by atoms with E-state index in [-0.39, 0.29) is 5.91 Å². The molecule has 110 valence electrons. The van der Waals surface area contributed by atoms with E-state index in [1.165, 1.54) is 0 Å². The number of hydrogen-bond donors (Lipinski definition) is 2. The van der Waals surface area contributed by atoms with Crippen LogP contribution in [-0.2, 0) is 4.79 Å². The van der Waals surface area contributed by atoms with Gasteiger partial charge in [0.15, 0.2) is 0 Å². The summed E-state index contributed by atoms with van der Waals surface area (Å²) in [6.45, 7) is 4.56. The number of hydrogen-bond acceptors (Lipinski definition) is 2. The van der Waals surface area contributed by atoms with Crippen molar-refractivity contribution in [1.29, 1.82) is 0 Å². The van der Waals surface area contributed by atoms with Crippen LogP contribution in [0.25, 0.3) is 0 Å². The quantitative estimate of drug-likeness (QED) is 0.859. The number of benzene rings is 2. The second-order valence-corrected chi connectivity index (χ2v) is 5.44. The average molecular weight is 303 g/mol. The Morgan fingerprint density at radius 2 is 1.86 bits per heavy atom. The van der Waals surface area contributed by atoms with Gasteiger partial charge >= 0.3 is 0 Å². The number of amides is 1. The van der Waals surface area contributed by atoms with Gasteiger partial charge in [0.1, 0.15) is 0 Å². The molecule has 0 saturated heterocycles. The van der Waals surface area contributed by atoms with Crippen molar-refractivity contribution in [3.8, 4) is 0 Å². The molecule has 0 atom stereocenters. The minimum Gasteiger partial charge on any atom is -0.383 e. The summed E-state index contributed by atoms with van der Waals surface area (Å²) in [5.74, 6) is -0.0189. The van der Waals surface area contributed by atoms with Crippen LogP contribution in [0.3, 0.4) is 0 Å². The maximum Gasteiger partial charge on any atom is 0.226 e. The molecule has 0 aliphatic carbocycles. The van der Waals surface area contributed by atoms with E-state index in [9.17, 15) is 4.79 Å². The fraction of sp³-hybridized carbons (Fsp3) is 0.235. The summed E-state index contributed by atoms with van der Waals surface area (Å²) < 4.78 is 0. The first-order chi connectivity index (χ1) is 10.1. The summed E-state index contributed by atoms with van der Waals surface area (Å²) >= 11 is 6.22. The maximum atomic E-state index is 11.8. The first-order valence-corrected chi connectivity index (χ1v) is 7.29. The van der Waals surface area contributed by atoms with Gasteiger partial charge in [0.05, 0.1) is 10.7 Å². The number of anilines is 2. The summed E-state index contributed by atoms with van der Waals surface area (Å²) in [5, 5.41) is 6.78. The molecule has 0 unspecified atom stereocenters. The van der Waals surface area contributed by atoms with E-state index in [0.717, 1.165) is 22.5 Å². The standard InChI is InChI=1S/C17H19ClN2O/c1-12-10-13(2)17(15(18)11-12)19-9-8-16(21)20-14-6-4-3-5-7-14/h3-7,10-11,19H,8-9H2,1-2H3,(H,20,21). The van der Waals surface area contributed by atoms with Gasteiger partial charge in [-0.25, -0.2) is 0 Å². The van der Waals surface area contributed by atoms with Crippen LogP contribution in [0.5, 0.6) is 0 Å². The molecule has 1 amide bonds. The van der Waals surface area contributed by atoms with Gasteiger partial charge in [0, 0.05) is 18.7 Å². The summed E-state index contributed by atoms with van der Waals surface area (Å²) in [7, 11) is 0. The summed E-state index contributed by atoms with van der Waals surface area (Å²) in [6.07, 6.45) is 0.387. The van der Waals surface area contributed by atoms with Gasteiger partial charge in [-0.1, -0.05) is 35.9 Å². The number of aryl methyl sites for hydroxylation is 2. The fourth-order valence-corrected chi connectivity index (χ4v) is 2.57. The molecule has 0 saturated carbocycles. The Balaban J connectivity index is 1.86. The topological polar surface area (TPSA) is 41.1 Å². The van der Waals surface area contributed by atoms with Crippen LogP contribution >= 0.6 is 11.6 Å². The van der Waals surface area contributed by atoms with Crippen LogP contribution in [0.2, 0.25) is 5.02 Å². The van der Waals surface area contributed by atoms with E-state index in [4.69, 9.17) is 11.6 Å². The Morgan fingerprint density at radius 3 is 2.52 bits per heavy atom. The Hall–Kier alpha value is -2.00. The van der Waals surface area contributed by atoms with Gasteiger partial charge in [-0.15, -0.1) is 0 Å². The first-order valence-electron chi connectivity index (χ1n) is 6.92. The largest absolute Gasteiger partial charge is 0.383 e. The predicted octanol–water partition coefficient (Wildman–Crippen LogP) is 4.40. The summed E-state index contributed by atoms with van der Waals surface area (Å²) in [6, 6.07) is 13.4.